The van der Waals surface area contributed by atoms with E-state index in [0.717, 1.165) is 5.56 Å². The fraction of sp³-hybridized carbons (Fsp3) is 0.600. The topological polar surface area (TPSA) is 66.8 Å². The van der Waals surface area contributed by atoms with Crippen LogP contribution in [0.25, 0.3) is 0 Å². The summed E-state index contributed by atoms with van der Waals surface area (Å²) in [6, 6.07) is 9.88. The molecule has 0 aliphatic carbocycles. The predicted octanol–water partition coefficient (Wildman–Crippen LogP) is 3.33. The Labute approximate surface area is 150 Å². The molecular weight excluding hydrogens is 318 g/mol. The fourth-order valence-corrected chi connectivity index (χ4v) is 3.89. The second-order valence-electron chi connectivity index (χ2n) is 7.84. The molecule has 1 amide bonds. The zero-order valence-corrected chi connectivity index (χ0v) is 15.6. The van der Waals surface area contributed by atoms with E-state index in [1.54, 1.807) is 4.90 Å². The largest absolute Gasteiger partial charge is 0.479 e. The smallest absolute Gasteiger partial charge is 0.330 e. The minimum absolute atomic E-state index is 0.0313. The van der Waals surface area contributed by atoms with Gasteiger partial charge in [0.25, 0.3) is 0 Å². The highest BCUT2D eigenvalue weighted by molar-refractivity contribution is 5.89. The van der Waals surface area contributed by atoms with Gasteiger partial charge in [-0.15, -0.1) is 0 Å². The SMILES string of the molecule is CC[C@](C(=O)O)(N1CC(COCc2ccccc2)CC1=O)C(C)(C)C. The summed E-state index contributed by atoms with van der Waals surface area (Å²) in [4.78, 5) is 26.3. The molecule has 2 rings (SSSR count). The van der Waals surface area contributed by atoms with E-state index in [1.165, 1.54) is 0 Å². The Hall–Kier alpha value is -1.88. The number of hydrogen-bond donors (Lipinski definition) is 1. The van der Waals surface area contributed by atoms with Crippen molar-refractivity contribution in [2.45, 2.75) is 52.7 Å². The molecule has 5 heteroatoms. The highest BCUT2D eigenvalue weighted by atomic mass is 16.5. The van der Waals surface area contributed by atoms with Gasteiger partial charge in [-0.05, 0) is 17.4 Å². The van der Waals surface area contributed by atoms with Crippen molar-refractivity contribution in [1.82, 2.24) is 4.90 Å². The van der Waals surface area contributed by atoms with Gasteiger partial charge in [-0.3, -0.25) is 4.79 Å². The number of rotatable bonds is 7. The zero-order valence-electron chi connectivity index (χ0n) is 15.6. The number of carboxylic acids is 1. The van der Waals surface area contributed by atoms with E-state index in [4.69, 9.17) is 4.74 Å². The molecule has 1 fully saturated rings. The molecule has 1 heterocycles. The van der Waals surface area contributed by atoms with E-state index in [0.29, 0.717) is 32.6 Å². The first-order valence-electron chi connectivity index (χ1n) is 8.88. The molecule has 25 heavy (non-hydrogen) atoms. The second-order valence-corrected chi connectivity index (χ2v) is 7.84. The normalized spacial score (nSPS) is 20.6. The third kappa shape index (κ3) is 3.87. The number of likely N-dealkylation sites (tertiary alicyclic amines) is 1. The molecule has 0 aromatic heterocycles. The number of aliphatic carboxylic acids is 1. The Morgan fingerprint density at radius 3 is 2.44 bits per heavy atom. The number of carbonyl (C=O) groups is 2. The van der Waals surface area contributed by atoms with Gasteiger partial charge in [0.05, 0.1) is 13.2 Å². The Kier molecular flexibility index (Phi) is 5.88. The molecule has 0 saturated carbocycles. The second kappa shape index (κ2) is 7.56. The van der Waals surface area contributed by atoms with Gasteiger partial charge in [0.1, 0.15) is 5.54 Å². The van der Waals surface area contributed by atoms with Gasteiger partial charge in [-0.2, -0.15) is 0 Å². The van der Waals surface area contributed by atoms with Crippen LogP contribution >= 0.6 is 0 Å². The van der Waals surface area contributed by atoms with Crippen LogP contribution in [0.2, 0.25) is 0 Å². The lowest BCUT2D eigenvalue weighted by molar-refractivity contribution is -0.166. The van der Waals surface area contributed by atoms with Crippen LogP contribution in [0.15, 0.2) is 30.3 Å². The number of benzene rings is 1. The van der Waals surface area contributed by atoms with Crippen LogP contribution in [0.4, 0.5) is 0 Å². The number of carbonyl (C=O) groups excluding carboxylic acids is 1. The first-order chi connectivity index (χ1) is 11.7. The summed E-state index contributed by atoms with van der Waals surface area (Å²) < 4.78 is 5.77. The minimum atomic E-state index is -1.18. The Morgan fingerprint density at radius 1 is 1.28 bits per heavy atom. The van der Waals surface area contributed by atoms with Crippen molar-refractivity contribution in [3.05, 3.63) is 35.9 Å². The van der Waals surface area contributed by atoms with Crippen molar-refractivity contribution in [1.29, 1.82) is 0 Å². The van der Waals surface area contributed by atoms with Crippen molar-refractivity contribution in [2.24, 2.45) is 11.3 Å². The van der Waals surface area contributed by atoms with Gasteiger partial charge in [-0.25, -0.2) is 4.79 Å². The maximum absolute atomic E-state index is 12.6. The van der Waals surface area contributed by atoms with Gasteiger partial charge in [-0.1, -0.05) is 58.0 Å². The van der Waals surface area contributed by atoms with E-state index >= 15 is 0 Å². The standard InChI is InChI=1S/C20H29NO4/c1-5-20(18(23)24,19(2,3)4)21-12-16(11-17(21)22)14-25-13-15-9-7-6-8-10-15/h6-10,16H,5,11-14H2,1-4H3,(H,23,24)/t16?,20-/m1/s1. The molecule has 1 saturated heterocycles. The quantitative estimate of drug-likeness (QED) is 0.821. The van der Waals surface area contributed by atoms with Crippen LogP contribution in [0.5, 0.6) is 0 Å². The van der Waals surface area contributed by atoms with Gasteiger partial charge in [0, 0.05) is 18.9 Å². The van der Waals surface area contributed by atoms with E-state index < -0.39 is 16.9 Å². The van der Waals surface area contributed by atoms with E-state index in [1.807, 2.05) is 58.0 Å². The molecule has 2 atom stereocenters. The minimum Gasteiger partial charge on any atom is -0.479 e. The lowest BCUT2D eigenvalue weighted by Crippen LogP contribution is -2.62. The number of ether oxygens (including phenoxy) is 1. The van der Waals surface area contributed by atoms with E-state index in [2.05, 4.69) is 0 Å². The summed E-state index contributed by atoms with van der Waals surface area (Å²) >= 11 is 0. The van der Waals surface area contributed by atoms with Gasteiger partial charge in [0.15, 0.2) is 0 Å². The van der Waals surface area contributed by atoms with Gasteiger partial charge >= 0.3 is 5.97 Å². The Balaban J connectivity index is 2.04. The van der Waals surface area contributed by atoms with Crippen molar-refractivity contribution in [3.63, 3.8) is 0 Å². The summed E-state index contributed by atoms with van der Waals surface area (Å²) in [6.45, 7) is 8.89. The highest BCUT2D eigenvalue weighted by Crippen LogP contribution is 2.42. The maximum Gasteiger partial charge on any atom is 0.330 e. The monoisotopic (exact) mass is 347 g/mol. The maximum atomic E-state index is 12.6. The van der Waals surface area contributed by atoms with Crippen LogP contribution in [0.1, 0.15) is 46.1 Å². The molecule has 0 spiro atoms. The first kappa shape index (κ1) is 19.4. The van der Waals surface area contributed by atoms with Crippen LogP contribution < -0.4 is 0 Å². The van der Waals surface area contributed by atoms with Crippen molar-refractivity contribution >= 4 is 11.9 Å². The van der Waals surface area contributed by atoms with Crippen LogP contribution in [0.3, 0.4) is 0 Å². The predicted molar refractivity (Wildman–Crippen MR) is 96.0 cm³/mol. The van der Waals surface area contributed by atoms with Crippen LogP contribution in [-0.4, -0.2) is 40.6 Å². The van der Waals surface area contributed by atoms with Crippen molar-refractivity contribution in [2.75, 3.05) is 13.2 Å². The third-order valence-electron chi connectivity index (χ3n) is 5.24. The average molecular weight is 347 g/mol. The molecule has 1 aliphatic rings. The molecule has 1 N–H and O–H groups in total. The Bertz CT molecular complexity index is 608. The summed E-state index contributed by atoms with van der Waals surface area (Å²) in [7, 11) is 0. The summed E-state index contributed by atoms with van der Waals surface area (Å²) in [5, 5.41) is 9.92. The molecule has 1 unspecified atom stereocenters. The molecule has 138 valence electrons. The number of hydrogen-bond acceptors (Lipinski definition) is 3. The summed E-state index contributed by atoms with van der Waals surface area (Å²) in [5.41, 5.74) is -0.645. The summed E-state index contributed by atoms with van der Waals surface area (Å²) in [6.07, 6.45) is 0.731. The number of nitrogens with zero attached hydrogens (tertiary/aromatic N) is 1. The van der Waals surface area contributed by atoms with Gasteiger partial charge in [0.2, 0.25) is 5.91 Å². The third-order valence-corrected chi connectivity index (χ3v) is 5.24. The highest BCUT2D eigenvalue weighted by Gasteiger charge is 2.55. The van der Waals surface area contributed by atoms with Gasteiger partial charge < -0.3 is 14.7 Å². The van der Waals surface area contributed by atoms with E-state index in [-0.39, 0.29) is 11.8 Å². The van der Waals surface area contributed by atoms with Crippen molar-refractivity contribution in [3.8, 4) is 0 Å². The zero-order chi connectivity index (χ0) is 18.7. The molecule has 1 aliphatic heterocycles. The first-order valence-corrected chi connectivity index (χ1v) is 8.88. The molecule has 5 nitrogen and oxygen atoms in total. The average Bonchev–Trinajstić information content (AvgIpc) is 2.89. The fourth-order valence-electron chi connectivity index (χ4n) is 3.89. The van der Waals surface area contributed by atoms with Crippen LogP contribution in [-0.2, 0) is 20.9 Å². The number of carboxylic acid groups (broad SMARTS) is 1. The lowest BCUT2D eigenvalue weighted by atomic mass is 9.70. The molecule has 0 bridgehead atoms. The Morgan fingerprint density at radius 2 is 1.92 bits per heavy atom. The van der Waals surface area contributed by atoms with Crippen LogP contribution in [0, 0.1) is 11.3 Å². The van der Waals surface area contributed by atoms with E-state index in [9.17, 15) is 14.7 Å². The van der Waals surface area contributed by atoms with Crippen molar-refractivity contribution < 1.29 is 19.4 Å². The number of amides is 1. The summed E-state index contributed by atoms with van der Waals surface area (Å²) in [5.74, 6) is -0.988. The molecule has 1 aromatic rings. The molecule has 0 radical (unpaired) electrons. The molecular formula is C20H29NO4. The molecule has 1 aromatic carbocycles. The lowest BCUT2D eigenvalue weighted by Gasteiger charge is -2.47.